The molecule has 178 valence electrons. The summed E-state index contributed by atoms with van der Waals surface area (Å²) in [6.07, 6.45) is -0.294. The Kier molecular flexibility index (Phi) is 7.39. The number of carbonyl (C=O) groups excluding carboxylic acids is 1. The topological polar surface area (TPSA) is 38.8 Å². The molecule has 1 amide bonds. The predicted octanol–water partition coefficient (Wildman–Crippen LogP) is 4.31. The van der Waals surface area contributed by atoms with E-state index in [9.17, 15) is 4.79 Å². The Morgan fingerprint density at radius 1 is 0.853 bits per heavy atom. The van der Waals surface area contributed by atoms with Crippen molar-refractivity contribution in [3.63, 3.8) is 0 Å². The van der Waals surface area contributed by atoms with Crippen molar-refractivity contribution in [3.05, 3.63) is 91.0 Å². The van der Waals surface area contributed by atoms with E-state index < -0.39 is 24.0 Å². The average molecular weight is 564 g/mol. The summed E-state index contributed by atoms with van der Waals surface area (Å²) in [6.45, 7) is 10.6. The van der Waals surface area contributed by atoms with Crippen LogP contribution >= 0.6 is 0 Å². The maximum absolute atomic E-state index is 13.8. The van der Waals surface area contributed by atoms with E-state index in [2.05, 4.69) is 86.6 Å². The van der Waals surface area contributed by atoms with Gasteiger partial charge in [-0.25, -0.2) is 0 Å². The zero-order chi connectivity index (χ0) is 24.3. The first-order chi connectivity index (χ1) is 16.2. The number of carbonyl (C=O) groups is 1. The molecule has 0 spiro atoms. The van der Waals surface area contributed by atoms with Crippen molar-refractivity contribution in [2.24, 2.45) is 5.92 Å². The molecule has 1 saturated heterocycles. The molecule has 0 saturated carbocycles. The second-order valence-corrected chi connectivity index (χ2v) is 21.3. The Bertz CT molecular complexity index is 984. The normalized spacial score (nSPS) is 18.8. The molecule has 4 nitrogen and oxygen atoms in total. The maximum atomic E-state index is 13.8. The fraction of sp³-hybridized carbons (Fsp3) is 0.345. The summed E-state index contributed by atoms with van der Waals surface area (Å²) in [5, 5.41) is 0. The first kappa shape index (κ1) is 24.8. The number of nitrogens with zero attached hydrogens (tertiary/aromatic N) is 1. The summed E-state index contributed by atoms with van der Waals surface area (Å²) >= 11 is -3.97. The number of rotatable bonds is 5. The van der Waals surface area contributed by atoms with Crippen LogP contribution in [0.25, 0.3) is 0 Å². The van der Waals surface area contributed by atoms with Crippen LogP contribution in [0.5, 0.6) is 0 Å². The number of amides is 1. The molecule has 34 heavy (non-hydrogen) atoms. The average Bonchev–Trinajstić information content (AvgIpc) is 3.27. The summed E-state index contributed by atoms with van der Waals surface area (Å²) < 4.78 is 16.2. The molecule has 1 fully saturated rings. The molecule has 0 N–H and O–H groups in total. The van der Waals surface area contributed by atoms with E-state index in [0.29, 0.717) is 6.61 Å². The number of hydrogen-bond donors (Lipinski definition) is 0. The molecular formula is C29H35NO3Sn. The van der Waals surface area contributed by atoms with Gasteiger partial charge in [0.1, 0.15) is 0 Å². The van der Waals surface area contributed by atoms with Gasteiger partial charge in [0.2, 0.25) is 0 Å². The Morgan fingerprint density at radius 3 is 1.62 bits per heavy atom. The van der Waals surface area contributed by atoms with Gasteiger partial charge in [-0.2, -0.15) is 0 Å². The molecule has 1 aliphatic rings. The molecular weight excluding hydrogens is 529 g/mol. The molecule has 0 aliphatic carbocycles. The van der Waals surface area contributed by atoms with Gasteiger partial charge in [0.15, 0.2) is 0 Å². The van der Waals surface area contributed by atoms with Crippen LogP contribution in [0.1, 0.15) is 34.6 Å². The van der Waals surface area contributed by atoms with Crippen LogP contribution in [0, 0.1) is 5.92 Å². The third-order valence-corrected chi connectivity index (χ3v) is 20.5. The van der Waals surface area contributed by atoms with Gasteiger partial charge in [0.05, 0.1) is 0 Å². The van der Waals surface area contributed by atoms with Crippen LogP contribution in [-0.4, -0.2) is 51.9 Å². The van der Waals surface area contributed by atoms with Gasteiger partial charge in [-0.1, -0.05) is 0 Å². The Labute approximate surface area is 207 Å². The van der Waals surface area contributed by atoms with E-state index in [1.165, 1.54) is 10.7 Å². The van der Waals surface area contributed by atoms with E-state index in [4.69, 9.17) is 9.47 Å². The monoisotopic (exact) mass is 565 g/mol. The van der Waals surface area contributed by atoms with Gasteiger partial charge in [-0.3, -0.25) is 0 Å². The van der Waals surface area contributed by atoms with Crippen molar-refractivity contribution in [1.82, 2.24) is 4.90 Å². The minimum absolute atomic E-state index is 0.0490. The van der Waals surface area contributed by atoms with Crippen LogP contribution in [-0.2, 0) is 9.47 Å². The minimum atomic E-state index is -3.97. The van der Waals surface area contributed by atoms with E-state index in [1.807, 2.05) is 43.9 Å². The molecule has 0 unspecified atom stereocenters. The second kappa shape index (κ2) is 10.1. The summed E-state index contributed by atoms with van der Waals surface area (Å²) in [6, 6.07) is 32.0. The molecule has 0 aromatic heterocycles. The standard InChI is InChI=1S/C11H20NO3.3C6H5.Sn/c1-8(2)9-6-14-7-12(9)10(13)15-11(3,4)5;3*1-2-4-6-5-3-1;/h7-9H,6H2,1-5H3;3*1-5H;/t9-;;;;/m1..../s1. The molecule has 5 heteroatoms. The Hall–Kier alpha value is -2.31. The Morgan fingerprint density at radius 2 is 1.26 bits per heavy atom. The van der Waals surface area contributed by atoms with E-state index in [1.54, 1.807) is 0 Å². The fourth-order valence-electron chi connectivity index (χ4n) is 4.95. The Balaban J connectivity index is 2.00. The van der Waals surface area contributed by atoms with E-state index in [-0.39, 0.29) is 22.3 Å². The van der Waals surface area contributed by atoms with Crippen molar-refractivity contribution < 1.29 is 14.3 Å². The van der Waals surface area contributed by atoms with E-state index in [0.717, 1.165) is 0 Å². The molecule has 1 heterocycles. The van der Waals surface area contributed by atoms with Crippen LogP contribution in [0.4, 0.5) is 4.79 Å². The zero-order valence-electron chi connectivity index (χ0n) is 20.8. The van der Waals surface area contributed by atoms with Gasteiger partial charge in [-0.15, -0.1) is 0 Å². The summed E-state index contributed by atoms with van der Waals surface area (Å²) in [7, 11) is 0. The van der Waals surface area contributed by atoms with Gasteiger partial charge in [0.25, 0.3) is 0 Å². The number of ether oxygens (including phenoxy) is 2. The third-order valence-electron chi connectivity index (χ3n) is 6.47. The summed E-state index contributed by atoms with van der Waals surface area (Å²) in [5.41, 5.74) is -0.587. The predicted molar refractivity (Wildman–Crippen MR) is 140 cm³/mol. The third kappa shape index (κ3) is 4.75. The van der Waals surface area contributed by atoms with Crippen molar-refractivity contribution >= 4 is 35.2 Å². The van der Waals surface area contributed by atoms with Gasteiger partial charge >= 0.3 is 208 Å². The van der Waals surface area contributed by atoms with Crippen LogP contribution in [0.15, 0.2) is 91.0 Å². The van der Waals surface area contributed by atoms with Gasteiger partial charge < -0.3 is 0 Å². The first-order valence-corrected chi connectivity index (χ1v) is 18.0. The van der Waals surface area contributed by atoms with Crippen LogP contribution < -0.4 is 10.7 Å². The van der Waals surface area contributed by atoms with E-state index >= 15 is 0 Å². The molecule has 3 aromatic rings. The van der Waals surface area contributed by atoms with Gasteiger partial charge in [-0.05, 0) is 0 Å². The van der Waals surface area contributed by atoms with Crippen molar-refractivity contribution in [2.45, 2.75) is 50.5 Å². The molecule has 0 bridgehead atoms. The molecule has 2 atom stereocenters. The van der Waals surface area contributed by atoms with Gasteiger partial charge in [0, 0.05) is 0 Å². The van der Waals surface area contributed by atoms with Crippen molar-refractivity contribution in [2.75, 3.05) is 6.61 Å². The summed E-state index contributed by atoms with van der Waals surface area (Å²) in [4.78, 5) is 15.7. The zero-order valence-corrected chi connectivity index (χ0v) is 23.6. The summed E-state index contributed by atoms with van der Waals surface area (Å²) in [5.74, 6) is 0.240. The molecule has 1 aliphatic heterocycles. The second-order valence-electron chi connectivity index (χ2n) is 10.3. The van der Waals surface area contributed by atoms with Crippen LogP contribution in [0.3, 0.4) is 0 Å². The molecule has 4 rings (SSSR count). The quantitative estimate of drug-likeness (QED) is 0.434. The van der Waals surface area contributed by atoms with Crippen molar-refractivity contribution in [3.8, 4) is 0 Å². The number of benzene rings is 3. The van der Waals surface area contributed by atoms with Crippen molar-refractivity contribution in [1.29, 1.82) is 0 Å². The SMILES string of the molecule is CC(C)[C@H]1CO[C@H]([Sn]([c]2ccccc2)([c]2ccccc2)[c]2ccccc2)N1C(=O)OC(C)(C)C. The van der Waals surface area contributed by atoms with Crippen LogP contribution in [0.2, 0.25) is 0 Å². The molecule has 3 aromatic carbocycles. The fourth-order valence-corrected chi connectivity index (χ4v) is 19.4. The first-order valence-electron chi connectivity index (χ1n) is 12.0. The molecule has 0 radical (unpaired) electrons. The number of hydrogen-bond acceptors (Lipinski definition) is 3.